The fraction of sp³-hybridized carbons (Fsp3) is 0.429. The molecule has 1 aliphatic rings. The maximum Gasteiger partial charge on any atom is 0.259 e. The molecule has 5 heteroatoms. The molecular formula is C21H25N3OS. The lowest BCUT2D eigenvalue weighted by Gasteiger charge is -2.17. The lowest BCUT2D eigenvalue weighted by atomic mass is 9.89. The number of benzene rings is 1. The Balaban J connectivity index is 1.67. The van der Waals surface area contributed by atoms with Crippen LogP contribution in [0.1, 0.15) is 55.1 Å². The summed E-state index contributed by atoms with van der Waals surface area (Å²) in [5.74, 6) is 1.40. The Bertz CT molecular complexity index is 1000. The molecule has 0 spiro atoms. The second-order valence-corrected chi connectivity index (χ2v) is 8.49. The zero-order valence-electron chi connectivity index (χ0n) is 15.6. The number of rotatable bonds is 4. The third-order valence-electron chi connectivity index (χ3n) is 5.31. The van der Waals surface area contributed by atoms with E-state index in [4.69, 9.17) is 4.98 Å². The van der Waals surface area contributed by atoms with Gasteiger partial charge in [-0.25, -0.2) is 4.98 Å². The van der Waals surface area contributed by atoms with E-state index in [9.17, 15) is 4.79 Å². The molecule has 0 bridgehead atoms. The van der Waals surface area contributed by atoms with Crippen LogP contribution in [0.4, 0.5) is 5.69 Å². The smallest absolute Gasteiger partial charge is 0.259 e. The standard InChI is InChI=1S/C21H25N3OS/c1-4-14-6-5-7-15(11-14)22-13(3)19-23-20(25)18-16-9-8-12(2)10-17(16)26-21(18)24-19/h5-7,11-13,22H,4,8-10H2,1-3H3,(H,23,24,25)/t12-,13+/m0/s1. The quantitative estimate of drug-likeness (QED) is 0.693. The Morgan fingerprint density at radius 2 is 2.27 bits per heavy atom. The van der Waals surface area contributed by atoms with Crippen molar-refractivity contribution < 1.29 is 0 Å². The van der Waals surface area contributed by atoms with Crippen LogP contribution in [-0.4, -0.2) is 9.97 Å². The van der Waals surface area contributed by atoms with E-state index >= 15 is 0 Å². The fourth-order valence-electron chi connectivity index (χ4n) is 3.77. The maximum absolute atomic E-state index is 12.8. The highest BCUT2D eigenvalue weighted by molar-refractivity contribution is 7.18. The number of hydrogen-bond acceptors (Lipinski definition) is 4. The molecule has 0 radical (unpaired) electrons. The molecule has 3 aromatic rings. The van der Waals surface area contributed by atoms with Crippen molar-refractivity contribution in [1.82, 2.24) is 9.97 Å². The average Bonchev–Trinajstić information content (AvgIpc) is 2.99. The number of thiophene rings is 1. The van der Waals surface area contributed by atoms with Gasteiger partial charge in [0.2, 0.25) is 0 Å². The van der Waals surface area contributed by atoms with Gasteiger partial charge in [-0.1, -0.05) is 26.0 Å². The van der Waals surface area contributed by atoms with Gasteiger partial charge in [0.1, 0.15) is 10.7 Å². The molecule has 4 nitrogen and oxygen atoms in total. The van der Waals surface area contributed by atoms with Crippen molar-refractivity contribution in [2.45, 2.75) is 52.5 Å². The van der Waals surface area contributed by atoms with E-state index in [2.05, 4.69) is 48.4 Å². The lowest BCUT2D eigenvalue weighted by Crippen LogP contribution is -2.18. The van der Waals surface area contributed by atoms with E-state index < -0.39 is 0 Å². The van der Waals surface area contributed by atoms with Crippen LogP contribution in [0.15, 0.2) is 29.1 Å². The summed E-state index contributed by atoms with van der Waals surface area (Å²) in [5, 5.41) is 4.29. The predicted octanol–water partition coefficient (Wildman–Crippen LogP) is 4.84. The van der Waals surface area contributed by atoms with Gasteiger partial charge in [-0.2, -0.15) is 0 Å². The monoisotopic (exact) mass is 367 g/mol. The summed E-state index contributed by atoms with van der Waals surface area (Å²) in [6, 6.07) is 8.33. The van der Waals surface area contributed by atoms with Crippen molar-refractivity contribution >= 4 is 27.2 Å². The molecule has 0 saturated heterocycles. The van der Waals surface area contributed by atoms with Crippen molar-refractivity contribution in [3.8, 4) is 0 Å². The third kappa shape index (κ3) is 3.16. The van der Waals surface area contributed by atoms with E-state index in [-0.39, 0.29) is 11.6 Å². The number of nitrogens with one attached hydrogen (secondary N) is 2. The van der Waals surface area contributed by atoms with Crippen molar-refractivity contribution in [3.63, 3.8) is 0 Å². The van der Waals surface area contributed by atoms with Crippen LogP contribution in [-0.2, 0) is 19.3 Å². The van der Waals surface area contributed by atoms with Gasteiger partial charge < -0.3 is 10.3 Å². The molecule has 2 heterocycles. The number of aromatic amines is 1. The number of aromatic nitrogens is 2. The molecule has 0 saturated carbocycles. The van der Waals surface area contributed by atoms with E-state index in [1.165, 1.54) is 16.0 Å². The van der Waals surface area contributed by atoms with Crippen molar-refractivity contribution in [2.24, 2.45) is 5.92 Å². The molecule has 136 valence electrons. The molecular weight excluding hydrogens is 342 g/mol. The molecule has 0 amide bonds. The van der Waals surface area contributed by atoms with Gasteiger partial charge in [0, 0.05) is 10.6 Å². The number of aryl methyl sites for hydroxylation is 2. The highest BCUT2D eigenvalue weighted by atomic mass is 32.1. The predicted molar refractivity (Wildman–Crippen MR) is 109 cm³/mol. The van der Waals surface area contributed by atoms with Gasteiger partial charge in [0.15, 0.2) is 0 Å². The van der Waals surface area contributed by atoms with Crippen LogP contribution in [0, 0.1) is 5.92 Å². The minimum absolute atomic E-state index is 0.00742. The summed E-state index contributed by atoms with van der Waals surface area (Å²) < 4.78 is 0. The van der Waals surface area contributed by atoms with Gasteiger partial charge in [-0.05, 0) is 61.8 Å². The summed E-state index contributed by atoms with van der Waals surface area (Å²) >= 11 is 1.70. The molecule has 2 aromatic heterocycles. The van der Waals surface area contributed by atoms with Crippen molar-refractivity contribution in [2.75, 3.05) is 5.32 Å². The molecule has 2 atom stereocenters. The number of hydrogen-bond donors (Lipinski definition) is 2. The normalized spacial score (nSPS) is 17.9. The topological polar surface area (TPSA) is 57.8 Å². The van der Waals surface area contributed by atoms with Gasteiger partial charge in [0.25, 0.3) is 5.56 Å². The Morgan fingerprint density at radius 1 is 1.42 bits per heavy atom. The van der Waals surface area contributed by atoms with E-state index in [1.54, 1.807) is 11.3 Å². The summed E-state index contributed by atoms with van der Waals surface area (Å²) in [6.45, 7) is 6.47. The first-order valence-corrected chi connectivity index (χ1v) is 10.3. The largest absolute Gasteiger partial charge is 0.375 e. The second-order valence-electron chi connectivity index (χ2n) is 7.40. The molecule has 2 N–H and O–H groups in total. The Morgan fingerprint density at radius 3 is 3.08 bits per heavy atom. The highest BCUT2D eigenvalue weighted by Crippen LogP contribution is 2.36. The van der Waals surface area contributed by atoms with Gasteiger partial charge in [-0.15, -0.1) is 11.3 Å². The Labute approximate surface area is 157 Å². The molecule has 1 aliphatic carbocycles. The van der Waals surface area contributed by atoms with Crippen LogP contribution >= 0.6 is 11.3 Å². The number of fused-ring (bicyclic) bond motifs is 3. The number of H-pyrrole nitrogens is 1. The first-order chi connectivity index (χ1) is 12.5. The van der Waals surface area contributed by atoms with E-state index in [1.807, 2.05) is 6.92 Å². The van der Waals surface area contributed by atoms with Crippen LogP contribution in [0.5, 0.6) is 0 Å². The van der Waals surface area contributed by atoms with Crippen molar-refractivity contribution in [1.29, 1.82) is 0 Å². The molecule has 26 heavy (non-hydrogen) atoms. The minimum atomic E-state index is -0.0581. The van der Waals surface area contributed by atoms with Crippen LogP contribution in [0.25, 0.3) is 10.2 Å². The van der Waals surface area contributed by atoms with Gasteiger partial charge in [-0.3, -0.25) is 4.79 Å². The summed E-state index contributed by atoms with van der Waals surface area (Å²) in [6.07, 6.45) is 4.23. The zero-order valence-corrected chi connectivity index (χ0v) is 16.4. The van der Waals surface area contributed by atoms with Gasteiger partial charge in [0.05, 0.1) is 11.4 Å². The maximum atomic E-state index is 12.8. The Kier molecular flexibility index (Phi) is 4.57. The summed E-state index contributed by atoms with van der Waals surface area (Å²) in [4.78, 5) is 22.8. The van der Waals surface area contributed by atoms with Crippen LogP contribution < -0.4 is 10.9 Å². The highest BCUT2D eigenvalue weighted by Gasteiger charge is 2.23. The molecule has 0 aliphatic heterocycles. The fourth-order valence-corrected chi connectivity index (χ4v) is 5.16. The zero-order chi connectivity index (χ0) is 18.3. The first-order valence-electron chi connectivity index (χ1n) is 9.45. The molecule has 4 rings (SSSR count). The van der Waals surface area contributed by atoms with Crippen molar-refractivity contribution in [3.05, 3.63) is 56.4 Å². The van der Waals surface area contributed by atoms with E-state index in [0.717, 1.165) is 41.6 Å². The SMILES string of the molecule is CCc1cccc(N[C@H](C)c2nc3sc4c(c3c(=O)[nH]2)CC[C@H](C)C4)c1. The minimum Gasteiger partial charge on any atom is -0.375 e. The second kappa shape index (κ2) is 6.88. The summed E-state index contributed by atoms with van der Waals surface area (Å²) in [7, 11) is 0. The molecule has 1 aromatic carbocycles. The average molecular weight is 368 g/mol. The summed E-state index contributed by atoms with van der Waals surface area (Å²) in [5.41, 5.74) is 3.59. The molecule has 0 fully saturated rings. The molecule has 0 unspecified atom stereocenters. The third-order valence-corrected chi connectivity index (χ3v) is 6.46. The Hall–Kier alpha value is -2.14. The number of nitrogens with zero attached hydrogens (tertiary/aromatic N) is 1. The van der Waals surface area contributed by atoms with Crippen LogP contribution in [0.2, 0.25) is 0 Å². The number of anilines is 1. The van der Waals surface area contributed by atoms with E-state index in [0.29, 0.717) is 11.7 Å². The van der Waals surface area contributed by atoms with Crippen LogP contribution in [0.3, 0.4) is 0 Å². The van der Waals surface area contributed by atoms with Gasteiger partial charge >= 0.3 is 0 Å². The lowest BCUT2D eigenvalue weighted by molar-refractivity contribution is 0.509. The first kappa shape index (κ1) is 17.3.